The van der Waals surface area contributed by atoms with Gasteiger partial charge in [0.1, 0.15) is 5.76 Å². The van der Waals surface area contributed by atoms with Crippen molar-refractivity contribution in [2.24, 2.45) is 0 Å². The van der Waals surface area contributed by atoms with E-state index in [4.69, 9.17) is 4.42 Å². The van der Waals surface area contributed by atoms with Crippen molar-refractivity contribution in [2.45, 2.75) is 52.6 Å². The van der Waals surface area contributed by atoms with E-state index in [0.29, 0.717) is 28.1 Å². The number of fused-ring (bicyclic) bond motifs is 1. The number of nitrogens with zero attached hydrogens (tertiary/aromatic N) is 2. The van der Waals surface area contributed by atoms with E-state index in [1.165, 1.54) is 0 Å². The van der Waals surface area contributed by atoms with Gasteiger partial charge in [0.15, 0.2) is 0 Å². The van der Waals surface area contributed by atoms with Crippen LogP contribution in [0.5, 0.6) is 0 Å². The number of halogens is 1. The van der Waals surface area contributed by atoms with E-state index >= 15 is 0 Å². The highest BCUT2D eigenvalue weighted by atomic mass is 127. The number of aryl methyl sites for hydroxylation is 1. The standard InChI is InChI=1S/C23H28IN3O4S/c1-5-7-16(6-2)27(32(29)30)13-19-18(24)12-17-20(22(28)25-4)21(31-23(17)26-19)15-10-8-14(3)9-11-15/h8-12,16H,5-7,13H2,1-4H3,(H,25,28)(H,29,30). The lowest BCUT2D eigenvalue weighted by Gasteiger charge is -2.26. The Kier molecular flexibility index (Phi) is 8.43. The molecule has 2 aromatic heterocycles. The van der Waals surface area contributed by atoms with Crippen molar-refractivity contribution in [2.75, 3.05) is 7.05 Å². The summed E-state index contributed by atoms with van der Waals surface area (Å²) in [5, 5.41) is 3.30. The molecule has 0 saturated heterocycles. The van der Waals surface area contributed by atoms with E-state index in [-0.39, 0.29) is 18.5 Å². The first-order chi connectivity index (χ1) is 15.3. The van der Waals surface area contributed by atoms with Gasteiger partial charge < -0.3 is 9.73 Å². The van der Waals surface area contributed by atoms with Crippen LogP contribution in [0.15, 0.2) is 34.7 Å². The van der Waals surface area contributed by atoms with E-state index in [1.54, 1.807) is 11.4 Å². The predicted molar refractivity (Wildman–Crippen MR) is 136 cm³/mol. The van der Waals surface area contributed by atoms with E-state index in [0.717, 1.165) is 34.0 Å². The summed E-state index contributed by atoms with van der Waals surface area (Å²) >= 11 is 0.0375. The first-order valence-corrected chi connectivity index (χ1v) is 12.7. The molecule has 172 valence electrons. The molecule has 0 saturated carbocycles. The molecule has 3 rings (SSSR count). The van der Waals surface area contributed by atoms with Crippen molar-refractivity contribution < 1.29 is 18.0 Å². The molecule has 1 amide bonds. The van der Waals surface area contributed by atoms with Gasteiger partial charge in [-0.15, -0.1) is 0 Å². The summed E-state index contributed by atoms with van der Waals surface area (Å²) in [5.74, 6) is 0.205. The maximum atomic E-state index is 12.7. The van der Waals surface area contributed by atoms with Gasteiger partial charge in [-0.05, 0) is 48.4 Å². The Morgan fingerprint density at radius 1 is 1.31 bits per heavy atom. The highest BCUT2D eigenvalue weighted by Gasteiger charge is 2.26. The summed E-state index contributed by atoms with van der Waals surface area (Å²) in [6.45, 7) is 6.28. The van der Waals surface area contributed by atoms with Crippen molar-refractivity contribution in [3.05, 3.63) is 50.7 Å². The van der Waals surface area contributed by atoms with Gasteiger partial charge in [0.2, 0.25) is 17.0 Å². The number of carbonyl (C=O) groups excluding carboxylic acids is 1. The Balaban J connectivity index is 2.11. The van der Waals surface area contributed by atoms with Crippen LogP contribution in [-0.4, -0.2) is 37.0 Å². The van der Waals surface area contributed by atoms with Crippen molar-refractivity contribution >= 4 is 50.9 Å². The fourth-order valence-electron chi connectivity index (χ4n) is 3.75. The molecule has 2 atom stereocenters. The zero-order chi connectivity index (χ0) is 23.4. The van der Waals surface area contributed by atoms with Crippen LogP contribution in [0.25, 0.3) is 22.4 Å². The minimum Gasteiger partial charge on any atom is -0.437 e. The third kappa shape index (κ3) is 5.22. The Bertz CT molecular complexity index is 1130. The summed E-state index contributed by atoms with van der Waals surface area (Å²) < 4.78 is 30.5. The molecule has 2 N–H and O–H groups in total. The average Bonchev–Trinajstić information content (AvgIpc) is 3.13. The van der Waals surface area contributed by atoms with Crippen LogP contribution in [0.4, 0.5) is 0 Å². The Labute approximate surface area is 204 Å². The third-order valence-electron chi connectivity index (χ3n) is 5.48. The molecule has 0 radical (unpaired) electrons. The first-order valence-electron chi connectivity index (χ1n) is 10.6. The molecule has 32 heavy (non-hydrogen) atoms. The van der Waals surface area contributed by atoms with E-state index < -0.39 is 11.3 Å². The van der Waals surface area contributed by atoms with Gasteiger partial charge >= 0.3 is 0 Å². The van der Waals surface area contributed by atoms with Gasteiger partial charge in [-0.3, -0.25) is 9.35 Å². The number of pyridine rings is 1. The molecular formula is C23H28IN3O4S. The number of aromatic nitrogens is 1. The Morgan fingerprint density at radius 2 is 2.00 bits per heavy atom. The molecule has 0 aliphatic heterocycles. The number of amides is 1. The zero-order valence-corrected chi connectivity index (χ0v) is 21.6. The molecule has 3 aromatic rings. The zero-order valence-electron chi connectivity index (χ0n) is 18.6. The third-order valence-corrected chi connectivity index (χ3v) is 7.25. The number of nitrogens with one attached hydrogen (secondary N) is 1. The smallest absolute Gasteiger partial charge is 0.255 e. The summed E-state index contributed by atoms with van der Waals surface area (Å²) in [6.07, 6.45) is 2.50. The van der Waals surface area contributed by atoms with Crippen molar-refractivity contribution in [1.29, 1.82) is 0 Å². The van der Waals surface area contributed by atoms with Crippen LogP contribution in [0.3, 0.4) is 0 Å². The maximum absolute atomic E-state index is 12.7. The van der Waals surface area contributed by atoms with Crippen LogP contribution in [-0.2, 0) is 17.8 Å². The topological polar surface area (TPSA) is 95.7 Å². The molecule has 0 fully saturated rings. The molecule has 0 aliphatic carbocycles. The number of carbonyl (C=O) groups is 1. The largest absolute Gasteiger partial charge is 0.437 e. The SMILES string of the molecule is CCCC(CC)N(Cc1nc2oc(-c3ccc(C)cc3)c(C(=O)NC)c2cc1I)S(=O)O. The molecule has 0 bridgehead atoms. The average molecular weight is 569 g/mol. The highest BCUT2D eigenvalue weighted by molar-refractivity contribution is 14.1. The molecule has 0 spiro atoms. The van der Waals surface area contributed by atoms with Crippen molar-refractivity contribution in [1.82, 2.24) is 14.6 Å². The molecule has 2 heterocycles. The summed E-state index contributed by atoms with van der Waals surface area (Å²) in [7, 11) is 1.58. The van der Waals surface area contributed by atoms with Crippen molar-refractivity contribution in [3.63, 3.8) is 0 Å². The van der Waals surface area contributed by atoms with Gasteiger partial charge in [-0.2, -0.15) is 4.31 Å². The Hall–Kier alpha value is -1.82. The second-order valence-electron chi connectivity index (χ2n) is 7.68. The number of benzene rings is 1. The van der Waals surface area contributed by atoms with Crippen LogP contribution >= 0.6 is 22.6 Å². The van der Waals surface area contributed by atoms with Gasteiger partial charge in [0.25, 0.3) is 5.91 Å². The summed E-state index contributed by atoms with van der Waals surface area (Å²) in [4.78, 5) is 17.4. The van der Waals surface area contributed by atoms with Crippen molar-refractivity contribution in [3.8, 4) is 11.3 Å². The van der Waals surface area contributed by atoms with E-state index in [1.807, 2.05) is 44.2 Å². The fourth-order valence-corrected chi connectivity index (χ4v) is 5.09. The first kappa shape index (κ1) is 24.8. The molecular weight excluding hydrogens is 541 g/mol. The number of furan rings is 1. The van der Waals surface area contributed by atoms with E-state index in [2.05, 4.69) is 39.8 Å². The number of hydrogen-bond donors (Lipinski definition) is 2. The number of rotatable bonds is 9. The maximum Gasteiger partial charge on any atom is 0.255 e. The van der Waals surface area contributed by atoms with Gasteiger partial charge in [-0.25, -0.2) is 9.19 Å². The lowest BCUT2D eigenvalue weighted by molar-refractivity contribution is 0.0964. The second kappa shape index (κ2) is 10.9. The molecule has 9 heteroatoms. The minimum atomic E-state index is -2.12. The number of hydrogen-bond acceptors (Lipinski definition) is 4. The predicted octanol–water partition coefficient (Wildman–Crippen LogP) is 5.28. The normalized spacial score (nSPS) is 13.5. The van der Waals surface area contributed by atoms with Gasteiger partial charge in [0.05, 0.1) is 23.2 Å². The lowest BCUT2D eigenvalue weighted by Crippen LogP contribution is -2.36. The highest BCUT2D eigenvalue weighted by Crippen LogP contribution is 2.35. The van der Waals surface area contributed by atoms with E-state index in [9.17, 15) is 13.6 Å². The van der Waals surface area contributed by atoms with Crippen LogP contribution in [0, 0.1) is 10.5 Å². The van der Waals surface area contributed by atoms with Crippen LogP contribution < -0.4 is 5.32 Å². The monoisotopic (exact) mass is 569 g/mol. The summed E-state index contributed by atoms with van der Waals surface area (Å²) in [5.41, 5.74) is 3.31. The molecule has 7 nitrogen and oxygen atoms in total. The molecule has 1 aromatic carbocycles. The quantitative estimate of drug-likeness (QED) is 0.270. The van der Waals surface area contributed by atoms with Gasteiger partial charge in [0, 0.05) is 22.2 Å². The lowest BCUT2D eigenvalue weighted by atomic mass is 10.0. The Morgan fingerprint density at radius 3 is 2.56 bits per heavy atom. The minimum absolute atomic E-state index is 0.0275. The van der Waals surface area contributed by atoms with Crippen LogP contribution in [0.2, 0.25) is 0 Å². The fraction of sp³-hybridized carbons (Fsp3) is 0.391. The molecule has 0 aliphatic rings. The summed E-state index contributed by atoms with van der Waals surface area (Å²) in [6, 6.07) is 9.60. The van der Waals surface area contributed by atoms with Gasteiger partial charge in [-0.1, -0.05) is 50.1 Å². The van der Waals surface area contributed by atoms with Crippen LogP contribution in [0.1, 0.15) is 54.7 Å². The molecule has 2 unspecified atom stereocenters. The second-order valence-corrected chi connectivity index (χ2v) is 9.77.